The Balaban J connectivity index is 1.50. The van der Waals surface area contributed by atoms with Crippen molar-refractivity contribution in [2.24, 2.45) is 0 Å². The van der Waals surface area contributed by atoms with Crippen LogP contribution in [0.15, 0.2) is 48.7 Å². The minimum Gasteiger partial charge on any atom is -0.490 e. The van der Waals surface area contributed by atoms with E-state index < -0.39 is 0 Å². The van der Waals surface area contributed by atoms with E-state index in [4.69, 9.17) is 44.9 Å². The predicted molar refractivity (Wildman–Crippen MR) is 134 cm³/mol. The molecule has 0 spiro atoms. The van der Waals surface area contributed by atoms with Crippen molar-refractivity contribution in [3.8, 4) is 11.5 Å². The van der Waals surface area contributed by atoms with Gasteiger partial charge in [-0.25, -0.2) is 0 Å². The lowest BCUT2D eigenvalue weighted by molar-refractivity contribution is 0.287. The predicted octanol–water partition coefficient (Wildman–Crippen LogP) is 5.56. The number of thiocarbonyl (C=S) groups is 1. The summed E-state index contributed by atoms with van der Waals surface area (Å²) < 4.78 is 13.1. The third kappa shape index (κ3) is 6.76. The van der Waals surface area contributed by atoms with E-state index in [1.807, 2.05) is 62.5 Å². The van der Waals surface area contributed by atoms with Gasteiger partial charge in [-0.1, -0.05) is 35.3 Å². The zero-order chi connectivity index (χ0) is 22.9. The summed E-state index contributed by atoms with van der Waals surface area (Å²) in [7, 11) is 0. The smallest absolute Gasteiger partial charge is 0.172 e. The van der Waals surface area contributed by atoms with Gasteiger partial charge in [0.2, 0.25) is 0 Å². The molecule has 3 aromatic rings. The summed E-state index contributed by atoms with van der Waals surface area (Å²) in [6, 6.07) is 13.3. The number of hydrogen-bond acceptors (Lipinski definition) is 4. The Morgan fingerprint density at radius 1 is 1.03 bits per heavy atom. The van der Waals surface area contributed by atoms with Gasteiger partial charge < -0.3 is 20.1 Å². The molecule has 2 N–H and O–H groups in total. The molecule has 0 atom stereocenters. The second kappa shape index (κ2) is 11.9. The topological polar surface area (TPSA) is 60.3 Å². The van der Waals surface area contributed by atoms with E-state index in [2.05, 4.69) is 15.7 Å². The maximum atomic E-state index is 6.24. The zero-order valence-electron chi connectivity index (χ0n) is 18.0. The highest BCUT2D eigenvalue weighted by atomic mass is 35.5. The van der Waals surface area contributed by atoms with Crippen molar-refractivity contribution in [2.75, 3.05) is 25.1 Å². The first kappa shape index (κ1) is 24.2. The van der Waals surface area contributed by atoms with Crippen molar-refractivity contribution in [3.63, 3.8) is 0 Å². The number of anilines is 1. The van der Waals surface area contributed by atoms with E-state index in [1.165, 1.54) is 0 Å². The van der Waals surface area contributed by atoms with Gasteiger partial charge in [0.1, 0.15) is 0 Å². The normalized spacial score (nSPS) is 10.6. The monoisotopic (exact) mass is 492 g/mol. The molecule has 0 aliphatic heterocycles. The number of halogens is 2. The largest absolute Gasteiger partial charge is 0.490 e. The fourth-order valence-corrected chi connectivity index (χ4v) is 3.82. The van der Waals surface area contributed by atoms with Gasteiger partial charge >= 0.3 is 0 Å². The number of ether oxygens (including phenoxy) is 2. The number of rotatable bonds is 10. The quantitative estimate of drug-likeness (QED) is 0.361. The van der Waals surface area contributed by atoms with Crippen LogP contribution in [0.5, 0.6) is 11.5 Å². The minimum atomic E-state index is 0.473. The van der Waals surface area contributed by atoms with Gasteiger partial charge in [-0.05, 0) is 62.3 Å². The van der Waals surface area contributed by atoms with Gasteiger partial charge in [0.15, 0.2) is 22.4 Å². The third-order valence-corrected chi connectivity index (χ3v) is 5.53. The van der Waals surface area contributed by atoms with Gasteiger partial charge in [0.25, 0.3) is 0 Å². The first-order valence-electron chi connectivity index (χ1n) is 10.4. The second-order valence-electron chi connectivity index (χ2n) is 6.88. The lowest BCUT2D eigenvalue weighted by atomic mass is 10.1. The Morgan fingerprint density at radius 2 is 1.75 bits per heavy atom. The van der Waals surface area contributed by atoms with Gasteiger partial charge in [-0.15, -0.1) is 0 Å². The van der Waals surface area contributed by atoms with Crippen LogP contribution < -0.4 is 20.1 Å². The Labute approximate surface area is 203 Å². The second-order valence-corrected chi connectivity index (χ2v) is 8.10. The van der Waals surface area contributed by atoms with E-state index in [9.17, 15) is 0 Å². The Kier molecular flexibility index (Phi) is 9.02. The van der Waals surface area contributed by atoms with Crippen LogP contribution in [0, 0.1) is 0 Å². The number of nitrogens with zero attached hydrogens (tertiary/aromatic N) is 2. The Bertz CT molecular complexity index is 1040. The molecule has 0 aliphatic rings. The highest BCUT2D eigenvalue weighted by molar-refractivity contribution is 7.80. The molecule has 2 aromatic carbocycles. The van der Waals surface area contributed by atoms with Crippen LogP contribution in [0.2, 0.25) is 10.0 Å². The molecule has 170 valence electrons. The molecule has 6 nitrogen and oxygen atoms in total. The van der Waals surface area contributed by atoms with Crippen molar-refractivity contribution in [1.82, 2.24) is 15.1 Å². The average molecular weight is 493 g/mol. The van der Waals surface area contributed by atoms with E-state index in [-0.39, 0.29) is 0 Å². The number of benzene rings is 2. The molecule has 32 heavy (non-hydrogen) atoms. The molecule has 1 heterocycles. The summed E-state index contributed by atoms with van der Waals surface area (Å²) >= 11 is 17.9. The number of aromatic nitrogens is 2. The zero-order valence-corrected chi connectivity index (χ0v) is 20.4. The van der Waals surface area contributed by atoms with E-state index in [1.54, 1.807) is 4.68 Å². The molecule has 0 radical (unpaired) electrons. The summed E-state index contributed by atoms with van der Waals surface area (Å²) in [6.07, 6.45) is 2.63. The highest BCUT2D eigenvalue weighted by Crippen LogP contribution is 2.28. The van der Waals surface area contributed by atoms with Crippen LogP contribution >= 0.6 is 35.4 Å². The minimum absolute atomic E-state index is 0.473. The molecule has 0 fully saturated rings. The lowest BCUT2D eigenvalue weighted by Crippen LogP contribution is -2.30. The molecular weight excluding hydrogens is 467 g/mol. The summed E-state index contributed by atoms with van der Waals surface area (Å²) in [4.78, 5) is 0. The first-order valence-corrected chi connectivity index (χ1v) is 11.6. The van der Waals surface area contributed by atoms with Crippen molar-refractivity contribution >= 4 is 46.4 Å². The van der Waals surface area contributed by atoms with Gasteiger partial charge in [-0.3, -0.25) is 4.68 Å². The summed E-state index contributed by atoms with van der Waals surface area (Å²) in [6.45, 7) is 6.24. The fourth-order valence-electron chi connectivity index (χ4n) is 3.09. The van der Waals surface area contributed by atoms with E-state index >= 15 is 0 Å². The Morgan fingerprint density at radius 3 is 2.47 bits per heavy atom. The van der Waals surface area contributed by atoms with Crippen LogP contribution in [-0.2, 0) is 13.0 Å². The molecule has 3 rings (SSSR count). The fraction of sp³-hybridized carbons (Fsp3) is 0.304. The third-order valence-electron chi connectivity index (χ3n) is 4.57. The molecule has 0 amide bonds. The number of nitrogens with one attached hydrogen (secondary N) is 2. The SMILES string of the molecule is CCOc1ccc(CCNC(=S)Nc2ccn(Cc3c(Cl)cccc3Cl)n2)cc1OCC. The summed E-state index contributed by atoms with van der Waals surface area (Å²) in [5.41, 5.74) is 1.96. The molecule has 1 aromatic heterocycles. The van der Waals surface area contributed by atoms with Gasteiger partial charge in [0, 0.05) is 34.4 Å². The first-order chi connectivity index (χ1) is 15.5. The van der Waals surface area contributed by atoms with Crippen molar-refractivity contribution in [3.05, 3.63) is 69.8 Å². The maximum absolute atomic E-state index is 6.24. The molecule has 0 aliphatic carbocycles. The number of hydrogen-bond donors (Lipinski definition) is 2. The molecule has 0 bridgehead atoms. The van der Waals surface area contributed by atoms with Crippen LogP contribution in [0.25, 0.3) is 0 Å². The van der Waals surface area contributed by atoms with Gasteiger partial charge in [0.05, 0.1) is 19.8 Å². The molecule has 0 saturated heterocycles. The molecule has 0 saturated carbocycles. The molecule has 9 heteroatoms. The van der Waals surface area contributed by atoms with Crippen LogP contribution in [0.1, 0.15) is 25.0 Å². The maximum Gasteiger partial charge on any atom is 0.172 e. The summed E-state index contributed by atoms with van der Waals surface area (Å²) in [5, 5.41) is 12.5. The Hall–Kier alpha value is -2.48. The van der Waals surface area contributed by atoms with Crippen molar-refractivity contribution in [1.29, 1.82) is 0 Å². The lowest BCUT2D eigenvalue weighted by Gasteiger charge is -2.13. The van der Waals surface area contributed by atoms with E-state index in [0.717, 1.165) is 29.0 Å². The van der Waals surface area contributed by atoms with E-state index in [0.29, 0.717) is 47.3 Å². The van der Waals surface area contributed by atoms with Gasteiger partial charge in [-0.2, -0.15) is 5.10 Å². The van der Waals surface area contributed by atoms with Crippen molar-refractivity contribution in [2.45, 2.75) is 26.8 Å². The molecule has 0 unspecified atom stereocenters. The van der Waals surface area contributed by atoms with Crippen LogP contribution in [0.3, 0.4) is 0 Å². The summed E-state index contributed by atoms with van der Waals surface area (Å²) in [5.74, 6) is 2.17. The van der Waals surface area contributed by atoms with Crippen LogP contribution in [-0.4, -0.2) is 34.7 Å². The van der Waals surface area contributed by atoms with Crippen LogP contribution in [0.4, 0.5) is 5.82 Å². The van der Waals surface area contributed by atoms with Crippen molar-refractivity contribution < 1.29 is 9.47 Å². The average Bonchev–Trinajstić information content (AvgIpc) is 3.20. The standard InChI is InChI=1S/C23H26Cl2N4O2S/c1-3-30-20-9-8-16(14-21(20)31-4-2)10-12-26-23(32)27-22-11-13-29(28-22)15-17-18(24)6-5-7-19(17)25/h5-9,11,13-14H,3-4,10,12,15H2,1-2H3,(H2,26,27,28,32). The highest BCUT2D eigenvalue weighted by Gasteiger charge is 2.09. The molecular formula is C23H26Cl2N4O2S.